The van der Waals surface area contributed by atoms with Gasteiger partial charge in [-0.1, -0.05) is 11.6 Å². The molecule has 1 heterocycles. The van der Waals surface area contributed by atoms with Crippen molar-refractivity contribution in [2.24, 2.45) is 0 Å². The lowest BCUT2D eigenvalue weighted by Crippen LogP contribution is -2.39. The summed E-state index contributed by atoms with van der Waals surface area (Å²) in [6.45, 7) is 1.36. The minimum Gasteiger partial charge on any atom is -0.468 e. The molecular weight excluding hydrogens is 348 g/mol. The number of carbonyl (C=O) groups excluding carboxylic acids is 1. The monoisotopic (exact) mass is 356 g/mol. The average molecular weight is 358 g/mol. The fourth-order valence-corrected chi connectivity index (χ4v) is 3.25. The Morgan fingerprint density at radius 2 is 2.22 bits per heavy atom. The van der Waals surface area contributed by atoms with Crippen LogP contribution in [0, 0.1) is 0 Å². The lowest BCUT2D eigenvalue weighted by molar-refractivity contribution is -0.142. The standard InChI is InChI=1S/C9H10BrClN2O4S/c1-5(9(14)17-2)13-18(15,16)7-3-6(10)4-12-8(7)11/h3-5,13H,1-2H3/t5-/m0/s1. The molecule has 0 spiro atoms. The molecule has 100 valence electrons. The zero-order valence-corrected chi connectivity index (χ0v) is 12.6. The number of pyridine rings is 1. The van der Waals surface area contributed by atoms with Gasteiger partial charge in [0.15, 0.2) is 0 Å². The van der Waals surface area contributed by atoms with Gasteiger partial charge >= 0.3 is 5.97 Å². The number of hydrogen-bond acceptors (Lipinski definition) is 5. The fraction of sp³-hybridized carbons (Fsp3) is 0.333. The van der Waals surface area contributed by atoms with Crippen LogP contribution in [-0.4, -0.2) is 32.5 Å². The third kappa shape index (κ3) is 3.64. The van der Waals surface area contributed by atoms with Crippen LogP contribution in [0.4, 0.5) is 0 Å². The van der Waals surface area contributed by atoms with E-state index in [4.69, 9.17) is 11.6 Å². The van der Waals surface area contributed by atoms with E-state index in [0.717, 1.165) is 0 Å². The van der Waals surface area contributed by atoms with E-state index in [2.05, 4.69) is 30.4 Å². The number of aromatic nitrogens is 1. The van der Waals surface area contributed by atoms with Crippen LogP contribution in [0.25, 0.3) is 0 Å². The van der Waals surface area contributed by atoms with Gasteiger partial charge in [0.25, 0.3) is 0 Å². The predicted molar refractivity (Wildman–Crippen MR) is 68.7 cm³/mol. The van der Waals surface area contributed by atoms with Crippen molar-refractivity contribution in [1.82, 2.24) is 9.71 Å². The van der Waals surface area contributed by atoms with Crippen LogP contribution >= 0.6 is 27.5 Å². The summed E-state index contributed by atoms with van der Waals surface area (Å²) < 4.78 is 31.0. The molecule has 0 bridgehead atoms. The van der Waals surface area contributed by atoms with Gasteiger partial charge in [-0.2, -0.15) is 4.72 Å². The van der Waals surface area contributed by atoms with Crippen LogP contribution in [-0.2, 0) is 19.6 Å². The van der Waals surface area contributed by atoms with Gasteiger partial charge in [-0.3, -0.25) is 4.79 Å². The van der Waals surface area contributed by atoms with Crippen LogP contribution < -0.4 is 4.72 Å². The summed E-state index contributed by atoms with van der Waals surface area (Å²) in [5, 5.41) is -0.178. The van der Waals surface area contributed by atoms with Gasteiger partial charge in [0.2, 0.25) is 10.0 Å². The molecular formula is C9H10BrClN2O4S. The number of rotatable bonds is 4. The lowest BCUT2D eigenvalue weighted by Gasteiger charge is -2.12. The molecule has 9 heteroatoms. The second-order valence-electron chi connectivity index (χ2n) is 3.31. The molecule has 6 nitrogen and oxygen atoms in total. The molecule has 18 heavy (non-hydrogen) atoms. The molecule has 0 unspecified atom stereocenters. The van der Waals surface area contributed by atoms with Gasteiger partial charge in [-0.05, 0) is 28.9 Å². The Hall–Kier alpha value is -0.700. The molecule has 1 N–H and O–H groups in total. The summed E-state index contributed by atoms with van der Waals surface area (Å²) in [4.78, 5) is 14.7. The molecule has 0 aromatic carbocycles. The molecule has 1 rings (SSSR count). The van der Waals surface area contributed by atoms with E-state index in [1.165, 1.54) is 26.3 Å². The number of carbonyl (C=O) groups is 1. The largest absolute Gasteiger partial charge is 0.468 e. The van der Waals surface area contributed by atoms with Crippen molar-refractivity contribution in [3.05, 3.63) is 21.9 Å². The van der Waals surface area contributed by atoms with E-state index in [9.17, 15) is 13.2 Å². The molecule has 0 aliphatic rings. The Morgan fingerprint density at radius 3 is 2.78 bits per heavy atom. The molecule has 0 aliphatic heterocycles. The summed E-state index contributed by atoms with van der Waals surface area (Å²) in [5.41, 5.74) is 0. The Balaban J connectivity index is 3.07. The molecule has 1 aromatic heterocycles. The summed E-state index contributed by atoms with van der Waals surface area (Å²) >= 11 is 8.80. The number of methoxy groups -OCH3 is 1. The Labute approximate surface area is 118 Å². The summed E-state index contributed by atoms with van der Waals surface area (Å²) in [6, 6.07) is 0.275. The van der Waals surface area contributed by atoms with E-state index < -0.39 is 22.0 Å². The first-order valence-electron chi connectivity index (χ1n) is 4.69. The molecule has 1 aromatic rings. The number of nitrogens with one attached hydrogen (secondary N) is 1. The third-order valence-corrected chi connectivity index (χ3v) is 4.35. The van der Waals surface area contributed by atoms with Crippen LogP contribution in [0.3, 0.4) is 0 Å². The van der Waals surface area contributed by atoms with Crippen LogP contribution in [0.15, 0.2) is 21.6 Å². The highest BCUT2D eigenvalue weighted by atomic mass is 79.9. The maximum absolute atomic E-state index is 12.0. The molecule has 0 saturated carbocycles. The first-order valence-corrected chi connectivity index (χ1v) is 7.34. The third-order valence-electron chi connectivity index (χ3n) is 1.95. The second kappa shape index (κ2) is 5.96. The van der Waals surface area contributed by atoms with E-state index >= 15 is 0 Å². The molecule has 1 atom stereocenters. The van der Waals surface area contributed by atoms with E-state index in [-0.39, 0.29) is 10.0 Å². The van der Waals surface area contributed by atoms with E-state index in [1.54, 1.807) is 0 Å². The van der Waals surface area contributed by atoms with Gasteiger partial charge in [0, 0.05) is 10.7 Å². The van der Waals surface area contributed by atoms with Gasteiger partial charge in [-0.15, -0.1) is 0 Å². The average Bonchev–Trinajstić information content (AvgIpc) is 2.30. The summed E-state index contributed by atoms with van der Waals surface area (Å²) in [6.07, 6.45) is 1.37. The minimum atomic E-state index is -3.94. The van der Waals surface area contributed by atoms with Crippen molar-refractivity contribution < 1.29 is 17.9 Å². The topological polar surface area (TPSA) is 85.4 Å². The first kappa shape index (κ1) is 15.4. The van der Waals surface area contributed by atoms with E-state index in [1.807, 2.05) is 0 Å². The van der Waals surface area contributed by atoms with Crippen molar-refractivity contribution in [3.8, 4) is 0 Å². The van der Waals surface area contributed by atoms with E-state index in [0.29, 0.717) is 4.47 Å². The normalized spacial score (nSPS) is 13.1. The summed E-state index contributed by atoms with van der Waals surface area (Å²) in [7, 11) is -2.78. The fourth-order valence-electron chi connectivity index (χ4n) is 1.11. The highest BCUT2D eigenvalue weighted by molar-refractivity contribution is 9.10. The lowest BCUT2D eigenvalue weighted by atomic mass is 10.4. The number of halogens is 2. The predicted octanol–water partition coefficient (Wildman–Crippen LogP) is 1.34. The Bertz CT molecular complexity index is 564. The quantitative estimate of drug-likeness (QED) is 0.649. The number of sulfonamides is 1. The van der Waals surface area contributed by atoms with Gasteiger partial charge in [0.1, 0.15) is 16.1 Å². The second-order valence-corrected chi connectivity index (χ2v) is 6.26. The molecule has 0 radical (unpaired) electrons. The number of nitrogens with zero attached hydrogens (tertiary/aromatic N) is 1. The van der Waals surface area contributed by atoms with Gasteiger partial charge in [-0.25, -0.2) is 13.4 Å². The van der Waals surface area contributed by atoms with Crippen molar-refractivity contribution in [2.45, 2.75) is 17.9 Å². The molecule has 0 amide bonds. The number of esters is 1. The van der Waals surface area contributed by atoms with Gasteiger partial charge < -0.3 is 4.74 Å². The minimum absolute atomic E-state index is 0.178. The Kier molecular flexibility index (Phi) is 5.09. The SMILES string of the molecule is COC(=O)[C@H](C)NS(=O)(=O)c1cc(Br)cnc1Cl. The van der Waals surface area contributed by atoms with Crippen LogP contribution in [0.5, 0.6) is 0 Å². The van der Waals surface area contributed by atoms with Crippen molar-refractivity contribution >= 4 is 43.5 Å². The van der Waals surface area contributed by atoms with Gasteiger partial charge in [0.05, 0.1) is 7.11 Å². The first-order chi connectivity index (χ1) is 8.27. The molecule has 0 aliphatic carbocycles. The summed E-state index contributed by atoms with van der Waals surface area (Å²) in [5.74, 6) is -0.697. The van der Waals surface area contributed by atoms with Crippen LogP contribution in [0.2, 0.25) is 5.15 Å². The zero-order valence-electron chi connectivity index (χ0n) is 9.48. The maximum Gasteiger partial charge on any atom is 0.323 e. The van der Waals surface area contributed by atoms with Crippen LogP contribution in [0.1, 0.15) is 6.92 Å². The van der Waals surface area contributed by atoms with Crippen molar-refractivity contribution in [3.63, 3.8) is 0 Å². The molecule has 0 saturated heterocycles. The highest BCUT2D eigenvalue weighted by Crippen LogP contribution is 2.22. The smallest absolute Gasteiger partial charge is 0.323 e. The maximum atomic E-state index is 12.0. The zero-order chi connectivity index (χ0) is 13.9. The van der Waals surface area contributed by atoms with Crippen molar-refractivity contribution in [2.75, 3.05) is 7.11 Å². The van der Waals surface area contributed by atoms with Crippen molar-refractivity contribution in [1.29, 1.82) is 0 Å². The number of ether oxygens (including phenoxy) is 1. The Morgan fingerprint density at radius 1 is 1.61 bits per heavy atom. The number of hydrogen-bond donors (Lipinski definition) is 1. The highest BCUT2D eigenvalue weighted by Gasteiger charge is 2.25. The molecule has 0 fully saturated rings.